The number of rotatable bonds is 1. The highest BCUT2D eigenvalue weighted by Gasteiger charge is 2.15. The van der Waals surface area contributed by atoms with Crippen LogP contribution >= 0.6 is 0 Å². The number of hydrogen-bond acceptors (Lipinski definition) is 4. The summed E-state index contributed by atoms with van der Waals surface area (Å²) < 4.78 is 1.69. The maximum absolute atomic E-state index is 4.16. The highest BCUT2D eigenvalue weighted by molar-refractivity contribution is 5.57. The molecule has 3 rings (SSSR count). The summed E-state index contributed by atoms with van der Waals surface area (Å²) in [5.41, 5.74) is 2.24. The second-order valence-corrected chi connectivity index (χ2v) is 2.78. The summed E-state index contributed by atoms with van der Waals surface area (Å²) in [7, 11) is 0. The van der Waals surface area contributed by atoms with Gasteiger partial charge in [0.25, 0.3) is 5.95 Å². The van der Waals surface area contributed by atoms with Crippen molar-refractivity contribution in [2.45, 2.75) is 6.42 Å². The molecule has 0 fully saturated rings. The van der Waals surface area contributed by atoms with Gasteiger partial charge in [-0.3, -0.25) is 0 Å². The summed E-state index contributed by atoms with van der Waals surface area (Å²) in [4.78, 5) is 0. The third kappa shape index (κ3) is 0.821. The van der Waals surface area contributed by atoms with E-state index in [2.05, 4.69) is 31.8 Å². The molecule has 6 heteroatoms. The van der Waals surface area contributed by atoms with E-state index in [0.29, 0.717) is 5.95 Å². The van der Waals surface area contributed by atoms with Crippen molar-refractivity contribution in [1.82, 2.24) is 30.4 Å². The number of fused-ring (bicyclic) bond motifs is 1. The van der Waals surface area contributed by atoms with Crippen LogP contribution in [0.5, 0.6) is 0 Å². The Balaban J connectivity index is 2.18. The fraction of sp³-hybridized carbons (Fsp3) is 0.143. The Hall–Kier alpha value is -1.98. The summed E-state index contributed by atoms with van der Waals surface area (Å²) in [6.07, 6.45) is 6.81. The Morgan fingerprint density at radius 1 is 1.46 bits per heavy atom. The second kappa shape index (κ2) is 2.25. The van der Waals surface area contributed by atoms with Crippen LogP contribution in [0.3, 0.4) is 0 Å². The molecule has 0 radical (unpaired) electrons. The largest absolute Gasteiger partial charge is 0.290 e. The minimum Gasteiger partial charge on any atom is -0.199 e. The molecule has 0 amide bonds. The molecule has 0 spiro atoms. The lowest BCUT2D eigenvalue weighted by Crippen LogP contribution is -2.03. The standard InChI is InChI=1S/C7H6N6/c1-2-5-4-8-13(6(5)3-1)7-9-11-12-10-7/h1-2,4H,3H2,(H,9,10,11,12). The van der Waals surface area contributed by atoms with Gasteiger partial charge in [0.2, 0.25) is 0 Å². The van der Waals surface area contributed by atoms with E-state index >= 15 is 0 Å². The Labute approximate surface area is 73.3 Å². The van der Waals surface area contributed by atoms with Gasteiger partial charge in [-0.25, -0.2) is 0 Å². The summed E-state index contributed by atoms with van der Waals surface area (Å²) in [6.45, 7) is 0. The van der Waals surface area contributed by atoms with E-state index in [4.69, 9.17) is 0 Å². The Kier molecular flexibility index (Phi) is 1.13. The monoisotopic (exact) mass is 174 g/mol. The zero-order valence-electron chi connectivity index (χ0n) is 6.68. The molecule has 0 unspecified atom stereocenters. The highest BCUT2D eigenvalue weighted by Crippen LogP contribution is 2.19. The predicted molar refractivity (Wildman–Crippen MR) is 44.0 cm³/mol. The number of hydrogen-bond donors (Lipinski definition) is 1. The number of H-pyrrole nitrogens is 1. The molecule has 2 heterocycles. The van der Waals surface area contributed by atoms with Gasteiger partial charge in [-0.05, 0) is 5.21 Å². The van der Waals surface area contributed by atoms with E-state index in [1.165, 1.54) is 0 Å². The number of aromatic nitrogens is 6. The molecule has 0 aliphatic heterocycles. The first kappa shape index (κ1) is 6.53. The van der Waals surface area contributed by atoms with Gasteiger partial charge < -0.3 is 0 Å². The lowest BCUT2D eigenvalue weighted by molar-refractivity contribution is 0.775. The van der Waals surface area contributed by atoms with Crippen molar-refractivity contribution in [3.63, 3.8) is 0 Å². The molecule has 0 aromatic carbocycles. The minimum atomic E-state index is 0.491. The van der Waals surface area contributed by atoms with Crippen molar-refractivity contribution in [2.75, 3.05) is 0 Å². The molecule has 0 saturated carbocycles. The zero-order chi connectivity index (χ0) is 8.67. The van der Waals surface area contributed by atoms with E-state index in [9.17, 15) is 0 Å². The molecule has 1 aliphatic carbocycles. The SMILES string of the molecule is C1=Cc2cnn(-c3nn[nH]n3)c2C1. The van der Waals surface area contributed by atoms with Crippen molar-refractivity contribution in [2.24, 2.45) is 0 Å². The fourth-order valence-corrected chi connectivity index (χ4v) is 1.45. The maximum Gasteiger partial charge on any atom is 0.290 e. The van der Waals surface area contributed by atoms with Gasteiger partial charge in [-0.1, -0.05) is 17.3 Å². The molecule has 1 N–H and O–H groups in total. The first-order chi connectivity index (χ1) is 6.45. The molecule has 0 bridgehead atoms. The number of tetrazole rings is 1. The summed E-state index contributed by atoms with van der Waals surface area (Å²) in [6, 6.07) is 0. The normalized spacial score (nSPS) is 13.5. The molecule has 0 saturated heterocycles. The lowest BCUT2D eigenvalue weighted by atomic mass is 10.3. The first-order valence-corrected chi connectivity index (χ1v) is 3.92. The van der Waals surface area contributed by atoms with Crippen LogP contribution in [0, 0.1) is 0 Å². The Bertz CT molecular complexity index is 451. The van der Waals surface area contributed by atoms with E-state index in [1.54, 1.807) is 10.9 Å². The van der Waals surface area contributed by atoms with Crippen molar-refractivity contribution in [3.05, 3.63) is 23.5 Å². The van der Waals surface area contributed by atoms with Crippen molar-refractivity contribution < 1.29 is 0 Å². The van der Waals surface area contributed by atoms with Gasteiger partial charge in [-0.2, -0.15) is 15.0 Å². The second-order valence-electron chi connectivity index (χ2n) is 2.78. The number of allylic oxidation sites excluding steroid dienone is 1. The Morgan fingerprint density at radius 3 is 3.31 bits per heavy atom. The van der Waals surface area contributed by atoms with E-state index in [1.807, 2.05) is 6.08 Å². The third-order valence-electron chi connectivity index (χ3n) is 2.03. The zero-order valence-corrected chi connectivity index (χ0v) is 6.68. The van der Waals surface area contributed by atoms with Crippen molar-refractivity contribution in [1.29, 1.82) is 0 Å². The van der Waals surface area contributed by atoms with Crippen LogP contribution in [0.25, 0.3) is 12.0 Å². The molecule has 2 aromatic heterocycles. The number of aromatic amines is 1. The van der Waals surface area contributed by atoms with Crippen LogP contribution in [0.1, 0.15) is 11.3 Å². The summed E-state index contributed by atoms with van der Waals surface area (Å²) in [5.74, 6) is 0.491. The average Bonchev–Trinajstić information content (AvgIpc) is 2.79. The number of nitrogens with one attached hydrogen (secondary N) is 1. The molecular formula is C7H6N6. The van der Waals surface area contributed by atoms with E-state index in [-0.39, 0.29) is 0 Å². The van der Waals surface area contributed by atoms with E-state index in [0.717, 1.165) is 17.7 Å². The van der Waals surface area contributed by atoms with Gasteiger partial charge in [-0.15, -0.1) is 5.10 Å². The highest BCUT2D eigenvalue weighted by atomic mass is 15.5. The first-order valence-electron chi connectivity index (χ1n) is 3.92. The lowest BCUT2D eigenvalue weighted by Gasteiger charge is -1.96. The van der Waals surface area contributed by atoms with Crippen LogP contribution in [0.15, 0.2) is 12.3 Å². The predicted octanol–water partition coefficient (Wildman–Crippen LogP) is -0.0453. The molecular weight excluding hydrogens is 168 g/mol. The van der Waals surface area contributed by atoms with Crippen LogP contribution in [0.4, 0.5) is 0 Å². The number of nitrogens with zero attached hydrogens (tertiary/aromatic N) is 5. The van der Waals surface area contributed by atoms with Gasteiger partial charge in [0, 0.05) is 12.0 Å². The molecule has 13 heavy (non-hydrogen) atoms. The Morgan fingerprint density at radius 2 is 2.46 bits per heavy atom. The van der Waals surface area contributed by atoms with Crippen molar-refractivity contribution >= 4 is 6.08 Å². The van der Waals surface area contributed by atoms with E-state index < -0.39 is 0 Å². The third-order valence-corrected chi connectivity index (χ3v) is 2.03. The molecule has 2 aromatic rings. The molecule has 1 aliphatic rings. The van der Waals surface area contributed by atoms with Gasteiger partial charge in [0.1, 0.15) is 0 Å². The van der Waals surface area contributed by atoms with Crippen molar-refractivity contribution in [3.8, 4) is 5.95 Å². The van der Waals surface area contributed by atoms with Crippen LogP contribution in [0.2, 0.25) is 0 Å². The minimum absolute atomic E-state index is 0.491. The average molecular weight is 174 g/mol. The van der Waals surface area contributed by atoms with Gasteiger partial charge in [0.05, 0.1) is 11.9 Å². The van der Waals surface area contributed by atoms with Gasteiger partial charge >= 0.3 is 0 Å². The van der Waals surface area contributed by atoms with Crippen LogP contribution in [-0.2, 0) is 6.42 Å². The van der Waals surface area contributed by atoms with Crippen LogP contribution in [-0.4, -0.2) is 30.4 Å². The quantitative estimate of drug-likeness (QED) is 0.658. The molecule has 6 nitrogen and oxygen atoms in total. The smallest absolute Gasteiger partial charge is 0.199 e. The summed E-state index contributed by atoms with van der Waals surface area (Å²) >= 11 is 0. The fourth-order valence-electron chi connectivity index (χ4n) is 1.45. The maximum atomic E-state index is 4.16. The molecule has 0 atom stereocenters. The topological polar surface area (TPSA) is 72.3 Å². The summed E-state index contributed by atoms with van der Waals surface area (Å²) in [5, 5.41) is 17.8. The van der Waals surface area contributed by atoms with Gasteiger partial charge in [0.15, 0.2) is 0 Å². The molecule has 64 valence electrons. The van der Waals surface area contributed by atoms with Crippen LogP contribution < -0.4 is 0 Å².